The van der Waals surface area contributed by atoms with Crippen molar-refractivity contribution in [1.29, 1.82) is 0 Å². The van der Waals surface area contributed by atoms with Gasteiger partial charge in [0.2, 0.25) is 0 Å². The second kappa shape index (κ2) is 5.11. The summed E-state index contributed by atoms with van der Waals surface area (Å²) in [6, 6.07) is 16.2. The molecule has 1 nitrogen and oxygen atoms in total. The Labute approximate surface area is 109 Å². The Bertz CT molecular complexity index is 524. The van der Waals surface area contributed by atoms with Crippen LogP contribution in [0.15, 0.2) is 42.5 Å². The lowest BCUT2D eigenvalue weighted by molar-refractivity contribution is 0.322. The molecule has 0 aliphatic carbocycles. The normalized spacial score (nSPS) is 24.3. The summed E-state index contributed by atoms with van der Waals surface area (Å²) in [5.74, 6) is 0.808. The van der Waals surface area contributed by atoms with Crippen molar-refractivity contribution >= 4 is 10.8 Å². The predicted molar refractivity (Wildman–Crippen MR) is 77.8 cm³/mol. The molecule has 1 N–H and O–H groups in total. The summed E-state index contributed by atoms with van der Waals surface area (Å²) >= 11 is 0. The highest BCUT2D eigenvalue weighted by atomic mass is 14.9. The zero-order chi connectivity index (χ0) is 12.4. The number of hydrogen-bond acceptors (Lipinski definition) is 1. The number of fused-ring (bicyclic) bond motifs is 1. The van der Waals surface area contributed by atoms with Gasteiger partial charge in [0.1, 0.15) is 0 Å². The highest BCUT2D eigenvalue weighted by molar-refractivity contribution is 5.82. The van der Waals surface area contributed by atoms with Crippen molar-refractivity contribution < 1.29 is 0 Å². The van der Waals surface area contributed by atoms with Gasteiger partial charge in [-0.15, -0.1) is 0 Å². The van der Waals surface area contributed by atoms with Gasteiger partial charge in [0, 0.05) is 6.04 Å². The summed E-state index contributed by atoms with van der Waals surface area (Å²) in [5, 5.41) is 6.30. The van der Waals surface area contributed by atoms with E-state index >= 15 is 0 Å². The molecule has 94 valence electrons. The third-order valence-electron chi connectivity index (χ3n) is 4.10. The highest BCUT2D eigenvalue weighted by Gasteiger charge is 2.17. The minimum Gasteiger partial charge on any atom is -0.314 e. The topological polar surface area (TPSA) is 12.0 Å². The van der Waals surface area contributed by atoms with Crippen LogP contribution in [0, 0.1) is 5.92 Å². The van der Waals surface area contributed by atoms with E-state index in [9.17, 15) is 0 Å². The van der Waals surface area contributed by atoms with Crippen molar-refractivity contribution in [3.05, 3.63) is 48.0 Å². The molecule has 2 unspecified atom stereocenters. The molecule has 1 heteroatoms. The molecular weight excluding hydrogens is 218 g/mol. The molecule has 0 radical (unpaired) electrons. The van der Waals surface area contributed by atoms with Crippen LogP contribution in [0.5, 0.6) is 0 Å². The molecule has 2 aromatic carbocycles. The Hall–Kier alpha value is -1.34. The van der Waals surface area contributed by atoms with Gasteiger partial charge in [-0.25, -0.2) is 0 Å². The Balaban J connectivity index is 1.74. The molecule has 18 heavy (non-hydrogen) atoms. The van der Waals surface area contributed by atoms with Crippen LogP contribution in [-0.2, 0) is 6.42 Å². The van der Waals surface area contributed by atoms with Gasteiger partial charge in [-0.1, -0.05) is 42.5 Å². The number of benzene rings is 2. The standard InChI is InChI=1S/C17H21N/c1-13-6-7-15(12-18-13)10-14-8-9-16-4-2-3-5-17(16)11-14/h2-5,8-9,11,13,15,18H,6-7,10,12H2,1H3. The second-order valence-corrected chi connectivity index (χ2v) is 5.64. The average molecular weight is 239 g/mol. The van der Waals surface area contributed by atoms with E-state index in [2.05, 4.69) is 54.7 Å². The SMILES string of the molecule is CC1CCC(Cc2ccc3ccccc3c2)CN1. The molecule has 0 spiro atoms. The van der Waals surface area contributed by atoms with E-state index < -0.39 is 0 Å². The number of nitrogens with one attached hydrogen (secondary N) is 1. The van der Waals surface area contributed by atoms with Crippen LogP contribution >= 0.6 is 0 Å². The fourth-order valence-corrected chi connectivity index (χ4v) is 2.93. The van der Waals surface area contributed by atoms with Crippen LogP contribution in [0.2, 0.25) is 0 Å². The fraction of sp³-hybridized carbons (Fsp3) is 0.412. The van der Waals surface area contributed by atoms with Crippen LogP contribution in [0.3, 0.4) is 0 Å². The molecule has 0 aromatic heterocycles. The van der Waals surface area contributed by atoms with Crippen molar-refractivity contribution in [2.75, 3.05) is 6.54 Å². The molecule has 1 saturated heterocycles. The quantitative estimate of drug-likeness (QED) is 0.841. The maximum Gasteiger partial charge on any atom is 0.00389 e. The van der Waals surface area contributed by atoms with Crippen molar-refractivity contribution in [3.63, 3.8) is 0 Å². The molecule has 3 rings (SSSR count). The van der Waals surface area contributed by atoms with Crippen LogP contribution < -0.4 is 5.32 Å². The zero-order valence-electron chi connectivity index (χ0n) is 11.0. The summed E-state index contributed by atoms with van der Waals surface area (Å²) in [7, 11) is 0. The summed E-state index contributed by atoms with van der Waals surface area (Å²) in [6.45, 7) is 3.46. The van der Waals surface area contributed by atoms with E-state index in [1.807, 2.05) is 0 Å². The molecule has 1 aliphatic rings. The molecule has 0 saturated carbocycles. The molecule has 2 atom stereocenters. The van der Waals surface area contributed by atoms with Crippen LogP contribution in [-0.4, -0.2) is 12.6 Å². The van der Waals surface area contributed by atoms with Gasteiger partial charge in [-0.05, 0) is 55.0 Å². The molecule has 0 bridgehead atoms. The minimum absolute atomic E-state index is 0.706. The van der Waals surface area contributed by atoms with Gasteiger partial charge in [-0.2, -0.15) is 0 Å². The molecule has 2 aromatic rings. The smallest absolute Gasteiger partial charge is 0.00389 e. The number of rotatable bonds is 2. The summed E-state index contributed by atoms with van der Waals surface area (Å²) < 4.78 is 0. The molecule has 0 amide bonds. The molecular formula is C17H21N. The lowest BCUT2D eigenvalue weighted by atomic mass is 9.89. The molecule has 1 heterocycles. The first-order valence-electron chi connectivity index (χ1n) is 7.02. The lowest BCUT2D eigenvalue weighted by Gasteiger charge is -2.27. The molecule has 1 aliphatic heterocycles. The van der Waals surface area contributed by atoms with Gasteiger partial charge in [0.05, 0.1) is 0 Å². The van der Waals surface area contributed by atoms with Crippen molar-refractivity contribution in [2.24, 2.45) is 5.92 Å². The Morgan fingerprint density at radius 2 is 1.89 bits per heavy atom. The average Bonchev–Trinajstić information content (AvgIpc) is 2.41. The maximum atomic E-state index is 3.59. The third-order valence-corrected chi connectivity index (χ3v) is 4.10. The van der Waals surface area contributed by atoms with Crippen molar-refractivity contribution in [3.8, 4) is 0 Å². The zero-order valence-corrected chi connectivity index (χ0v) is 11.0. The van der Waals surface area contributed by atoms with E-state index in [0.29, 0.717) is 6.04 Å². The number of piperidine rings is 1. The summed E-state index contributed by atoms with van der Waals surface area (Å²) in [5.41, 5.74) is 1.48. The van der Waals surface area contributed by atoms with Crippen LogP contribution in [0.4, 0.5) is 0 Å². The second-order valence-electron chi connectivity index (χ2n) is 5.64. The van der Waals surface area contributed by atoms with Gasteiger partial charge >= 0.3 is 0 Å². The third kappa shape index (κ3) is 2.56. The first-order valence-corrected chi connectivity index (χ1v) is 7.02. The fourth-order valence-electron chi connectivity index (χ4n) is 2.93. The largest absolute Gasteiger partial charge is 0.314 e. The first kappa shape index (κ1) is 11.7. The Morgan fingerprint density at radius 3 is 2.67 bits per heavy atom. The Morgan fingerprint density at radius 1 is 1.06 bits per heavy atom. The number of hydrogen-bond donors (Lipinski definition) is 1. The maximum absolute atomic E-state index is 3.59. The van der Waals surface area contributed by atoms with Crippen molar-refractivity contribution in [2.45, 2.75) is 32.2 Å². The van der Waals surface area contributed by atoms with Gasteiger partial charge in [0.15, 0.2) is 0 Å². The van der Waals surface area contributed by atoms with E-state index in [0.717, 1.165) is 5.92 Å². The lowest BCUT2D eigenvalue weighted by Crippen LogP contribution is -2.37. The highest BCUT2D eigenvalue weighted by Crippen LogP contribution is 2.22. The summed E-state index contributed by atoms with van der Waals surface area (Å²) in [6.07, 6.45) is 3.89. The van der Waals surface area contributed by atoms with Crippen molar-refractivity contribution in [1.82, 2.24) is 5.32 Å². The van der Waals surface area contributed by atoms with E-state index in [-0.39, 0.29) is 0 Å². The van der Waals surface area contributed by atoms with E-state index in [1.165, 1.54) is 42.1 Å². The van der Waals surface area contributed by atoms with Gasteiger partial charge < -0.3 is 5.32 Å². The van der Waals surface area contributed by atoms with Crippen LogP contribution in [0.25, 0.3) is 10.8 Å². The monoisotopic (exact) mass is 239 g/mol. The van der Waals surface area contributed by atoms with E-state index in [1.54, 1.807) is 0 Å². The van der Waals surface area contributed by atoms with Crippen LogP contribution in [0.1, 0.15) is 25.3 Å². The summed E-state index contributed by atoms with van der Waals surface area (Å²) in [4.78, 5) is 0. The van der Waals surface area contributed by atoms with E-state index in [4.69, 9.17) is 0 Å². The molecule has 1 fully saturated rings. The first-order chi connectivity index (χ1) is 8.81. The van der Waals surface area contributed by atoms with Gasteiger partial charge in [0.25, 0.3) is 0 Å². The predicted octanol–water partition coefficient (Wildman–Crippen LogP) is 3.77. The Kier molecular flexibility index (Phi) is 3.33. The van der Waals surface area contributed by atoms with Gasteiger partial charge in [-0.3, -0.25) is 0 Å². The minimum atomic E-state index is 0.706.